The van der Waals surface area contributed by atoms with E-state index >= 15 is 0 Å². The van der Waals surface area contributed by atoms with Gasteiger partial charge in [0.1, 0.15) is 0 Å². The molecular weight excluding hydrogens is 179 g/mol. The van der Waals surface area contributed by atoms with Gasteiger partial charge in [0.25, 0.3) is 0 Å². The minimum Gasteiger partial charge on any atom is -0.478 e. The molecule has 2 nitrogen and oxygen atoms in total. The van der Waals surface area contributed by atoms with Gasteiger partial charge in [-0.3, -0.25) is 10.0 Å². The second kappa shape index (κ2) is 10.0. The molecule has 0 aromatic heterocycles. The fourth-order valence-electron chi connectivity index (χ4n) is 0.497. The number of carbonyl (C=O) groups is 1. The summed E-state index contributed by atoms with van der Waals surface area (Å²) in [5, 5.41) is 8.31. The largest absolute Gasteiger partial charge is 0.478 e. The minimum atomic E-state index is -0.872. The molecule has 0 atom stereocenters. The fraction of sp³-hybridized carbons (Fsp3) is 0.571. The highest BCUT2D eigenvalue weighted by molar-refractivity contribution is 6.80. The number of hydrogen-bond donors (Lipinski definition) is 1. The summed E-state index contributed by atoms with van der Waals surface area (Å²) in [5.41, 5.74) is 0.317. The molecule has 0 saturated carbocycles. The predicted molar refractivity (Wildman–Crippen MR) is 50.7 cm³/mol. The first-order chi connectivity index (χ1) is 5.18. The third-order valence-electron chi connectivity index (χ3n) is 1.13. The zero-order chi connectivity index (χ0) is 9.28. The maximum atomic E-state index is 10.1. The van der Waals surface area contributed by atoms with E-state index in [0.29, 0.717) is 12.0 Å². The Hall–Kier alpha value is 0.0325. The molecule has 1 N–H and O–H groups in total. The molecular formula is C7H14AlClO2. The summed E-state index contributed by atoms with van der Waals surface area (Å²) >= 11 is 0.778. The van der Waals surface area contributed by atoms with Crippen molar-refractivity contribution >= 4 is 31.4 Å². The number of aliphatic carboxylic acids is 1. The Morgan fingerprint density at radius 3 is 2.36 bits per heavy atom. The van der Waals surface area contributed by atoms with Crippen LogP contribution < -0.4 is 0 Å². The molecule has 0 radical (unpaired) electrons. The average molecular weight is 193 g/mol. The third-order valence-corrected chi connectivity index (χ3v) is 1.13. The van der Waals surface area contributed by atoms with E-state index in [1.165, 1.54) is 0 Å². The normalized spacial score (nSPS) is 7.82. The summed E-state index contributed by atoms with van der Waals surface area (Å²) in [6, 6.07) is 0. The minimum absolute atomic E-state index is 0.317. The van der Waals surface area contributed by atoms with Gasteiger partial charge in [0.05, 0.1) is 0 Å². The molecule has 0 amide bonds. The molecule has 4 heteroatoms. The van der Waals surface area contributed by atoms with Crippen LogP contribution in [0.1, 0.15) is 26.2 Å². The molecule has 0 rings (SSSR count). The van der Waals surface area contributed by atoms with Crippen LogP contribution in [0.2, 0.25) is 0 Å². The standard InChI is InChI=1S/C7H12O2.Al.ClH.2H/c1-3-4-5-6(2)7(8)9;;;;/h2-5H2,1H3,(H,8,9);;1H;;/q;+1;;;/p-1. The first-order valence-electron chi connectivity index (χ1n) is 3.47. The Balaban J connectivity index is 0. The second-order valence-corrected chi connectivity index (χ2v) is 2.01. The number of carboxylic acid groups (broad SMARTS) is 1. The van der Waals surface area contributed by atoms with Gasteiger partial charge in [-0.25, -0.2) is 4.79 Å². The van der Waals surface area contributed by atoms with Crippen LogP contribution in [-0.2, 0) is 4.79 Å². The van der Waals surface area contributed by atoms with Crippen molar-refractivity contribution in [2.45, 2.75) is 26.2 Å². The van der Waals surface area contributed by atoms with Crippen molar-refractivity contribution in [2.75, 3.05) is 0 Å². The number of unbranched alkanes of at least 4 members (excludes halogenated alkanes) is 1. The molecule has 0 spiro atoms. The van der Waals surface area contributed by atoms with Crippen molar-refractivity contribution in [3.63, 3.8) is 0 Å². The number of rotatable bonds is 4. The van der Waals surface area contributed by atoms with E-state index in [4.69, 9.17) is 15.2 Å². The number of hydrogen-bond acceptors (Lipinski definition) is 1. The highest BCUT2D eigenvalue weighted by Crippen LogP contribution is 2.03. The van der Waals surface area contributed by atoms with E-state index in [2.05, 4.69) is 6.58 Å². The summed E-state index contributed by atoms with van der Waals surface area (Å²) < 4.78 is 0. The van der Waals surface area contributed by atoms with Gasteiger partial charge in [0.15, 0.2) is 0 Å². The van der Waals surface area contributed by atoms with Crippen LogP contribution in [0.4, 0.5) is 0 Å². The highest BCUT2D eigenvalue weighted by Gasteiger charge is 2.00. The van der Waals surface area contributed by atoms with Gasteiger partial charge in [-0.05, 0) is 12.8 Å². The van der Waals surface area contributed by atoms with Gasteiger partial charge in [-0.1, -0.05) is 19.9 Å². The van der Waals surface area contributed by atoms with Crippen LogP contribution in [0, 0.1) is 0 Å². The van der Waals surface area contributed by atoms with Crippen LogP contribution >= 0.6 is 10.0 Å². The molecule has 0 aliphatic heterocycles. The molecule has 64 valence electrons. The van der Waals surface area contributed by atoms with Gasteiger partial charge in [-0.15, -0.1) is 0 Å². The lowest BCUT2D eigenvalue weighted by Gasteiger charge is -1.95. The molecule has 11 heavy (non-hydrogen) atoms. The van der Waals surface area contributed by atoms with Crippen molar-refractivity contribution in [3.05, 3.63) is 12.2 Å². The van der Waals surface area contributed by atoms with Crippen molar-refractivity contribution in [3.8, 4) is 0 Å². The van der Waals surface area contributed by atoms with Crippen LogP contribution in [0.3, 0.4) is 0 Å². The van der Waals surface area contributed by atoms with Crippen LogP contribution in [0.5, 0.6) is 0 Å². The quantitative estimate of drug-likeness (QED) is 0.543. The topological polar surface area (TPSA) is 37.3 Å². The van der Waals surface area contributed by atoms with Crippen LogP contribution in [0.15, 0.2) is 12.2 Å². The Morgan fingerprint density at radius 2 is 2.09 bits per heavy atom. The SMILES string of the molecule is C=C(CCCC)C(=O)O.[AlH2][Cl]. The van der Waals surface area contributed by atoms with E-state index in [1.54, 1.807) is 0 Å². The fourth-order valence-corrected chi connectivity index (χ4v) is 0.497. The molecule has 0 unspecified atom stereocenters. The number of carboxylic acids is 1. The summed E-state index contributed by atoms with van der Waals surface area (Å²) in [6.07, 6.45) is 2.56. The summed E-state index contributed by atoms with van der Waals surface area (Å²) in [5.74, 6) is -0.872. The zero-order valence-corrected chi connectivity index (χ0v) is 9.82. The van der Waals surface area contributed by atoms with Gasteiger partial charge < -0.3 is 5.11 Å². The third kappa shape index (κ3) is 10.0. The van der Waals surface area contributed by atoms with E-state index in [9.17, 15) is 4.79 Å². The average Bonchev–Trinajstić information content (AvgIpc) is 2.03. The van der Waals surface area contributed by atoms with Crippen molar-refractivity contribution in [2.24, 2.45) is 0 Å². The summed E-state index contributed by atoms with van der Waals surface area (Å²) in [4.78, 5) is 10.1. The predicted octanol–water partition coefficient (Wildman–Crippen LogP) is 1.59. The van der Waals surface area contributed by atoms with Crippen LogP contribution in [-0.4, -0.2) is 26.4 Å². The van der Waals surface area contributed by atoms with Crippen LogP contribution in [0.25, 0.3) is 0 Å². The highest BCUT2D eigenvalue weighted by atomic mass is 35.6. The van der Waals surface area contributed by atoms with E-state index < -0.39 is 5.97 Å². The lowest BCUT2D eigenvalue weighted by molar-refractivity contribution is -0.132. The maximum Gasteiger partial charge on any atom is 0.353 e. The molecule has 0 saturated heterocycles. The zero-order valence-electron chi connectivity index (χ0n) is 7.06. The van der Waals surface area contributed by atoms with Crippen molar-refractivity contribution in [1.82, 2.24) is 0 Å². The maximum absolute atomic E-state index is 10.1. The summed E-state index contributed by atoms with van der Waals surface area (Å²) in [6.45, 7) is 5.42. The first kappa shape index (κ1) is 13.6. The Bertz CT molecular complexity index is 126. The van der Waals surface area contributed by atoms with E-state index in [0.717, 1.165) is 28.2 Å². The summed E-state index contributed by atoms with van der Waals surface area (Å²) in [7, 11) is 4.78. The Labute approximate surface area is 79.9 Å². The van der Waals surface area contributed by atoms with E-state index in [1.807, 2.05) is 6.92 Å². The smallest absolute Gasteiger partial charge is 0.353 e. The Morgan fingerprint density at radius 1 is 1.64 bits per heavy atom. The molecule has 0 fully saturated rings. The van der Waals surface area contributed by atoms with Gasteiger partial charge in [-0.2, -0.15) is 0 Å². The molecule has 0 aromatic carbocycles. The van der Waals surface area contributed by atoms with Gasteiger partial charge in [0.2, 0.25) is 0 Å². The number of halogens is 1. The molecule has 0 aliphatic carbocycles. The van der Waals surface area contributed by atoms with Crippen molar-refractivity contribution < 1.29 is 9.90 Å². The molecule has 0 aliphatic rings. The lowest BCUT2D eigenvalue weighted by atomic mass is 10.1. The molecule has 0 heterocycles. The van der Waals surface area contributed by atoms with Gasteiger partial charge >= 0.3 is 21.3 Å². The second-order valence-electron chi connectivity index (χ2n) is 2.01. The Kier molecular flexibility index (Phi) is 12.4. The molecule has 0 bridgehead atoms. The monoisotopic (exact) mass is 192 g/mol. The van der Waals surface area contributed by atoms with E-state index in [-0.39, 0.29) is 0 Å². The van der Waals surface area contributed by atoms with Crippen molar-refractivity contribution in [1.29, 1.82) is 0 Å². The van der Waals surface area contributed by atoms with Gasteiger partial charge in [0, 0.05) is 5.57 Å². The lowest BCUT2D eigenvalue weighted by Crippen LogP contribution is -1.97. The first-order valence-corrected chi connectivity index (χ1v) is 6.49. The molecule has 0 aromatic rings.